The minimum absolute atomic E-state index is 0.141. The van der Waals surface area contributed by atoms with Gasteiger partial charge in [0.2, 0.25) is 5.91 Å². The number of nitrogens with zero attached hydrogens (tertiary/aromatic N) is 1. The number of carbonyl (C=O) groups excluding carboxylic acids is 1. The van der Waals surface area contributed by atoms with Crippen molar-refractivity contribution in [2.45, 2.75) is 26.2 Å². The molecule has 1 aliphatic heterocycles. The summed E-state index contributed by atoms with van der Waals surface area (Å²) < 4.78 is 13.3. The average molecular weight is 274 g/mol. The predicted molar refractivity (Wildman–Crippen MR) is 76.9 cm³/mol. The van der Waals surface area contributed by atoms with Crippen molar-refractivity contribution >= 4 is 16.8 Å². The van der Waals surface area contributed by atoms with Crippen LogP contribution in [-0.4, -0.2) is 28.9 Å². The number of H-pyrrole nitrogens is 1. The Hall–Kier alpha value is -1.84. The molecule has 0 saturated carbocycles. The van der Waals surface area contributed by atoms with Gasteiger partial charge in [0, 0.05) is 30.2 Å². The molecular weight excluding hydrogens is 255 g/mol. The first-order chi connectivity index (χ1) is 9.63. The van der Waals surface area contributed by atoms with E-state index in [0.717, 1.165) is 42.4 Å². The molecule has 3 rings (SSSR count). The second-order valence-corrected chi connectivity index (χ2v) is 5.74. The summed E-state index contributed by atoms with van der Waals surface area (Å²) >= 11 is 0. The summed E-state index contributed by atoms with van der Waals surface area (Å²) in [7, 11) is 0. The number of rotatable bonds is 2. The van der Waals surface area contributed by atoms with Crippen LogP contribution in [0.5, 0.6) is 0 Å². The summed E-state index contributed by atoms with van der Waals surface area (Å²) in [6.45, 7) is 3.91. The largest absolute Gasteiger partial charge is 0.361 e. The molecular formula is C16H19FN2O. The maximum atomic E-state index is 13.3. The van der Waals surface area contributed by atoms with Crippen LogP contribution in [0.4, 0.5) is 4.39 Å². The summed E-state index contributed by atoms with van der Waals surface area (Å²) in [4.78, 5) is 17.3. The third kappa shape index (κ3) is 2.55. The molecule has 0 radical (unpaired) electrons. The van der Waals surface area contributed by atoms with Gasteiger partial charge < -0.3 is 9.88 Å². The van der Waals surface area contributed by atoms with Crippen LogP contribution in [0.3, 0.4) is 0 Å². The second-order valence-electron chi connectivity index (χ2n) is 5.74. The fraction of sp³-hybridized carbons (Fsp3) is 0.438. The summed E-state index contributed by atoms with van der Waals surface area (Å²) in [6, 6.07) is 4.63. The Balaban J connectivity index is 1.76. The molecule has 0 spiro atoms. The van der Waals surface area contributed by atoms with E-state index in [1.54, 1.807) is 6.07 Å². The van der Waals surface area contributed by atoms with Gasteiger partial charge in [-0.05, 0) is 42.5 Å². The van der Waals surface area contributed by atoms with E-state index in [2.05, 4.69) is 11.9 Å². The van der Waals surface area contributed by atoms with Gasteiger partial charge in [0.25, 0.3) is 0 Å². The fourth-order valence-corrected chi connectivity index (χ4v) is 2.83. The van der Waals surface area contributed by atoms with Gasteiger partial charge in [0.15, 0.2) is 0 Å². The van der Waals surface area contributed by atoms with Gasteiger partial charge in [-0.15, -0.1) is 0 Å². The van der Waals surface area contributed by atoms with E-state index >= 15 is 0 Å². The summed E-state index contributed by atoms with van der Waals surface area (Å²) in [6.07, 6.45) is 4.31. The number of aromatic nitrogens is 1. The lowest BCUT2D eigenvalue weighted by molar-refractivity contribution is -0.131. The molecule has 0 unspecified atom stereocenters. The van der Waals surface area contributed by atoms with E-state index in [0.29, 0.717) is 12.3 Å². The minimum atomic E-state index is -0.266. The Kier molecular flexibility index (Phi) is 3.47. The molecule has 3 nitrogen and oxygen atoms in total. The Morgan fingerprint density at radius 3 is 2.90 bits per heavy atom. The first-order valence-corrected chi connectivity index (χ1v) is 7.17. The van der Waals surface area contributed by atoms with E-state index in [4.69, 9.17) is 0 Å². The molecule has 0 bridgehead atoms. The van der Waals surface area contributed by atoms with Crippen LogP contribution in [0.25, 0.3) is 10.9 Å². The Morgan fingerprint density at radius 2 is 2.15 bits per heavy atom. The molecule has 2 aromatic rings. The van der Waals surface area contributed by atoms with Gasteiger partial charge in [-0.2, -0.15) is 0 Å². The van der Waals surface area contributed by atoms with Crippen molar-refractivity contribution in [3.63, 3.8) is 0 Å². The van der Waals surface area contributed by atoms with Crippen molar-refractivity contribution in [2.75, 3.05) is 13.1 Å². The summed E-state index contributed by atoms with van der Waals surface area (Å²) in [5, 5.41) is 0.809. The monoisotopic (exact) mass is 274 g/mol. The number of benzene rings is 1. The Bertz CT molecular complexity index is 626. The molecule has 1 aliphatic rings. The van der Waals surface area contributed by atoms with Crippen LogP contribution in [0, 0.1) is 11.7 Å². The van der Waals surface area contributed by atoms with E-state index in [1.165, 1.54) is 12.1 Å². The van der Waals surface area contributed by atoms with Crippen molar-refractivity contribution in [3.8, 4) is 0 Å². The second kappa shape index (κ2) is 5.27. The third-order valence-corrected chi connectivity index (χ3v) is 4.21. The molecule has 1 N–H and O–H groups in total. The average Bonchev–Trinajstić information content (AvgIpc) is 2.82. The van der Waals surface area contributed by atoms with Crippen LogP contribution in [0.1, 0.15) is 25.3 Å². The standard InChI is InChI=1S/C16H19FN2O/c1-11-4-6-19(7-5-11)16(20)8-12-10-18-15-3-2-13(17)9-14(12)15/h2-3,9-11,18H,4-8H2,1H3. The first kappa shape index (κ1) is 13.2. The lowest BCUT2D eigenvalue weighted by Gasteiger charge is -2.30. The Morgan fingerprint density at radius 1 is 1.40 bits per heavy atom. The maximum absolute atomic E-state index is 13.3. The normalized spacial score (nSPS) is 16.8. The van der Waals surface area contributed by atoms with Gasteiger partial charge in [-0.1, -0.05) is 6.92 Å². The fourth-order valence-electron chi connectivity index (χ4n) is 2.83. The van der Waals surface area contributed by atoms with Crippen LogP contribution in [-0.2, 0) is 11.2 Å². The highest BCUT2D eigenvalue weighted by atomic mass is 19.1. The number of carbonyl (C=O) groups is 1. The predicted octanol–water partition coefficient (Wildman–Crippen LogP) is 3.11. The third-order valence-electron chi connectivity index (χ3n) is 4.21. The van der Waals surface area contributed by atoms with Crippen molar-refractivity contribution in [1.29, 1.82) is 0 Å². The van der Waals surface area contributed by atoms with Crippen molar-refractivity contribution < 1.29 is 9.18 Å². The van der Waals surface area contributed by atoms with Crippen molar-refractivity contribution in [3.05, 3.63) is 35.8 Å². The number of halogens is 1. The number of hydrogen-bond donors (Lipinski definition) is 1. The number of aromatic amines is 1. The van der Waals surface area contributed by atoms with Crippen LogP contribution in [0.2, 0.25) is 0 Å². The van der Waals surface area contributed by atoms with Gasteiger partial charge >= 0.3 is 0 Å². The quantitative estimate of drug-likeness (QED) is 0.897. The summed E-state index contributed by atoms with van der Waals surface area (Å²) in [5.41, 5.74) is 1.75. The van der Waals surface area contributed by atoms with E-state index in [-0.39, 0.29) is 11.7 Å². The van der Waals surface area contributed by atoms with Gasteiger partial charge in [-0.3, -0.25) is 4.79 Å². The number of likely N-dealkylation sites (tertiary alicyclic amines) is 1. The molecule has 1 aromatic heterocycles. The van der Waals surface area contributed by atoms with Crippen LogP contribution in [0.15, 0.2) is 24.4 Å². The van der Waals surface area contributed by atoms with E-state index in [9.17, 15) is 9.18 Å². The molecule has 2 heterocycles. The molecule has 0 aliphatic carbocycles. The first-order valence-electron chi connectivity index (χ1n) is 7.17. The van der Waals surface area contributed by atoms with Crippen LogP contribution >= 0.6 is 0 Å². The molecule has 1 fully saturated rings. The zero-order valence-corrected chi connectivity index (χ0v) is 11.7. The maximum Gasteiger partial charge on any atom is 0.227 e. The number of amides is 1. The highest BCUT2D eigenvalue weighted by molar-refractivity contribution is 5.89. The lowest BCUT2D eigenvalue weighted by Crippen LogP contribution is -2.38. The van der Waals surface area contributed by atoms with Gasteiger partial charge in [-0.25, -0.2) is 4.39 Å². The molecule has 1 amide bonds. The topological polar surface area (TPSA) is 36.1 Å². The van der Waals surface area contributed by atoms with Crippen molar-refractivity contribution in [2.24, 2.45) is 5.92 Å². The molecule has 1 aromatic carbocycles. The number of hydrogen-bond acceptors (Lipinski definition) is 1. The van der Waals surface area contributed by atoms with E-state index in [1.807, 2.05) is 11.1 Å². The SMILES string of the molecule is CC1CCN(C(=O)Cc2c[nH]c3ccc(F)cc23)CC1. The molecule has 20 heavy (non-hydrogen) atoms. The highest BCUT2D eigenvalue weighted by Gasteiger charge is 2.21. The molecule has 4 heteroatoms. The summed E-state index contributed by atoms with van der Waals surface area (Å²) in [5.74, 6) is 0.584. The smallest absolute Gasteiger partial charge is 0.227 e. The van der Waals surface area contributed by atoms with Crippen LogP contribution < -0.4 is 0 Å². The molecule has 0 atom stereocenters. The van der Waals surface area contributed by atoms with Gasteiger partial charge in [0.1, 0.15) is 5.82 Å². The molecule has 106 valence electrons. The van der Waals surface area contributed by atoms with Gasteiger partial charge in [0.05, 0.1) is 6.42 Å². The zero-order chi connectivity index (χ0) is 14.1. The van der Waals surface area contributed by atoms with E-state index < -0.39 is 0 Å². The highest BCUT2D eigenvalue weighted by Crippen LogP contribution is 2.22. The van der Waals surface area contributed by atoms with Crippen molar-refractivity contribution in [1.82, 2.24) is 9.88 Å². The minimum Gasteiger partial charge on any atom is -0.361 e. The molecule has 1 saturated heterocycles. The lowest BCUT2D eigenvalue weighted by atomic mass is 9.98. The number of fused-ring (bicyclic) bond motifs is 1. The number of piperidine rings is 1. The Labute approximate surface area is 117 Å². The number of nitrogens with one attached hydrogen (secondary N) is 1. The zero-order valence-electron chi connectivity index (χ0n) is 11.7.